The van der Waals surface area contributed by atoms with E-state index in [-0.39, 0.29) is 5.91 Å². The molecule has 0 saturated carbocycles. The second kappa shape index (κ2) is 9.07. The van der Waals surface area contributed by atoms with Crippen LogP contribution in [-0.2, 0) is 0 Å². The maximum atomic E-state index is 12.8. The zero-order chi connectivity index (χ0) is 17.5. The van der Waals surface area contributed by atoms with Gasteiger partial charge in [0.25, 0.3) is 5.91 Å². The molecule has 1 aliphatic heterocycles. The Morgan fingerprint density at radius 3 is 2.50 bits per heavy atom. The summed E-state index contributed by atoms with van der Waals surface area (Å²) in [5, 5.41) is 0. The number of rotatable bonds is 7. The summed E-state index contributed by atoms with van der Waals surface area (Å²) in [5.74, 6) is 0.171. The van der Waals surface area contributed by atoms with Gasteiger partial charge in [-0.2, -0.15) is 0 Å². The topological polar surface area (TPSA) is 26.8 Å². The van der Waals surface area contributed by atoms with Crippen LogP contribution in [0.2, 0.25) is 0 Å². The number of nitrogens with zero attached hydrogens (tertiary/aromatic N) is 3. The summed E-state index contributed by atoms with van der Waals surface area (Å²) in [5.41, 5.74) is 2.03. The summed E-state index contributed by atoms with van der Waals surface area (Å²) in [7, 11) is 4.20. The van der Waals surface area contributed by atoms with Crippen LogP contribution >= 0.6 is 0 Å². The molecule has 1 aromatic carbocycles. The van der Waals surface area contributed by atoms with Crippen molar-refractivity contribution in [2.45, 2.75) is 45.6 Å². The van der Waals surface area contributed by atoms with Crippen molar-refractivity contribution in [3.63, 3.8) is 0 Å². The first-order valence-electron chi connectivity index (χ1n) is 9.37. The maximum absolute atomic E-state index is 12.8. The van der Waals surface area contributed by atoms with E-state index in [1.165, 1.54) is 24.9 Å². The highest BCUT2D eigenvalue weighted by atomic mass is 16.2. The van der Waals surface area contributed by atoms with E-state index in [2.05, 4.69) is 49.9 Å². The second-order valence-corrected chi connectivity index (χ2v) is 6.99. The summed E-state index contributed by atoms with van der Waals surface area (Å²) in [6, 6.07) is 8.66. The van der Waals surface area contributed by atoms with Gasteiger partial charge in [-0.25, -0.2) is 0 Å². The minimum atomic E-state index is 0.171. The van der Waals surface area contributed by atoms with Crippen molar-refractivity contribution < 1.29 is 4.79 Å². The molecule has 1 fully saturated rings. The van der Waals surface area contributed by atoms with Crippen molar-refractivity contribution in [3.05, 3.63) is 29.8 Å². The third kappa shape index (κ3) is 4.73. The van der Waals surface area contributed by atoms with Crippen LogP contribution in [0, 0.1) is 0 Å². The lowest BCUT2D eigenvalue weighted by atomic mass is 10.0. The third-order valence-corrected chi connectivity index (χ3v) is 5.06. The fourth-order valence-corrected chi connectivity index (χ4v) is 3.38. The van der Waals surface area contributed by atoms with Crippen molar-refractivity contribution in [2.24, 2.45) is 0 Å². The van der Waals surface area contributed by atoms with E-state index in [9.17, 15) is 4.79 Å². The highest BCUT2D eigenvalue weighted by Crippen LogP contribution is 2.20. The molecular formula is C20H33N3O. The molecule has 1 aromatic rings. The number of piperidine rings is 1. The lowest BCUT2D eigenvalue weighted by molar-refractivity contribution is 0.0635. The maximum Gasteiger partial charge on any atom is 0.253 e. The first-order valence-corrected chi connectivity index (χ1v) is 9.37. The molecule has 2 rings (SSSR count). The fraction of sp³-hybridized carbons (Fsp3) is 0.650. The molecule has 0 aromatic heterocycles. The number of carbonyl (C=O) groups is 1. The average Bonchev–Trinajstić information content (AvgIpc) is 2.62. The van der Waals surface area contributed by atoms with Crippen molar-refractivity contribution in [1.29, 1.82) is 0 Å². The standard InChI is InChI=1S/C20H33N3O/c1-5-7-14-22(6-2)18-12-10-17(11-13-18)20(24)23-15-8-9-19(16-23)21(3)4/h10-13,19H,5-9,14-16H2,1-4H3. The molecule has 0 N–H and O–H groups in total. The number of amides is 1. The van der Waals surface area contributed by atoms with Crippen LogP contribution in [0.5, 0.6) is 0 Å². The van der Waals surface area contributed by atoms with Gasteiger partial charge in [0.1, 0.15) is 0 Å². The first kappa shape index (κ1) is 18.8. The number of unbranched alkanes of at least 4 members (excludes halogenated alkanes) is 1. The number of benzene rings is 1. The molecule has 1 saturated heterocycles. The Hall–Kier alpha value is -1.55. The lowest BCUT2D eigenvalue weighted by Gasteiger charge is -2.36. The van der Waals surface area contributed by atoms with Crippen molar-refractivity contribution in [1.82, 2.24) is 9.80 Å². The van der Waals surface area contributed by atoms with Gasteiger partial charge in [0.05, 0.1) is 0 Å². The van der Waals surface area contributed by atoms with Crippen LogP contribution in [0.15, 0.2) is 24.3 Å². The van der Waals surface area contributed by atoms with Crippen molar-refractivity contribution in [3.8, 4) is 0 Å². The van der Waals surface area contributed by atoms with E-state index in [0.717, 1.165) is 38.2 Å². The third-order valence-electron chi connectivity index (χ3n) is 5.06. The highest BCUT2D eigenvalue weighted by Gasteiger charge is 2.25. The predicted molar refractivity (Wildman–Crippen MR) is 102 cm³/mol. The first-order chi connectivity index (χ1) is 11.6. The summed E-state index contributed by atoms with van der Waals surface area (Å²) < 4.78 is 0. The Labute approximate surface area is 147 Å². The predicted octanol–water partition coefficient (Wildman–Crippen LogP) is 3.48. The number of likely N-dealkylation sites (N-methyl/N-ethyl adjacent to an activating group) is 1. The summed E-state index contributed by atoms with van der Waals surface area (Å²) in [4.78, 5) is 19.4. The molecule has 1 atom stereocenters. The Morgan fingerprint density at radius 2 is 1.92 bits per heavy atom. The molecule has 4 nitrogen and oxygen atoms in total. The largest absolute Gasteiger partial charge is 0.372 e. The highest BCUT2D eigenvalue weighted by molar-refractivity contribution is 5.94. The van der Waals surface area contributed by atoms with E-state index in [4.69, 9.17) is 0 Å². The normalized spacial score (nSPS) is 18.0. The van der Waals surface area contributed by atoms with Gasteiger partial charge in [-0.3, -0.25) is 4.79 Å². The quantitative estimate of drug-likeness (QED) is 0.765. The van der Waals surface area contributed by atoms with E-state index < -0.39 is 0 Å². The van der Waals surface area contributed by atoms with Crippen LogP contribution in [0.25, 0.3) is 0 Å². The van der Waals surface area contributed by atoms with Crippen LogP contribution < -0.4 is 4.90 Å². The number of hydrogen-bond acceptors (Lipinski definition) is 3. The average molecular weight is 332 g/mol. The zero-order valence-electron chi connectivity index (χ0n) is 15.8. The molecule has 0 spiro atoms. The van der Waals surface area contributed by atoms with Crippen LogP contribution in [0.4, 0.5) is 5.69 Å². The van der Waals surface area contributed by atoms with Crippen molar-refractivity contribution in [2.75, 3.05) is 45.2 Å². The van der Waals surface area contributed by atoms with Crippen LogP contribution in [0.1, 0.15) is 49.9 Å². The molecule has 134 valence electrons. The van der Waals surface area contributed by atoms with Crippen molar-refractivity contribution >= 4 is 11.6 Å². The number of carbonyl (C=O) groups excluding carboxylic acids is 1. The zero-order valence-corrected chi connectivity index (χ0v) is 15.8. The van der Waals surface area contributed by atoms with E-state index in [1.54, 1.807) is 0 Å². The van der Waals surface area contributed by atoms with E-state index in [0.29, 0.717) is 6.04 Å². The summed E-state index contributed by atoms with van der Waals surface area (Å²) >= 11 is 0. The molecule has 0 aliphatic carbocycles. The van der Waals surface area contributed by atoms with Crippen LogP contribution in [-0.4, -0.2) is 62.0 Å². The van der Waals surface area contributed by atoms with Gasteiger partial charge in [0.2, 0.25) is 0 Å². The molecule has 1 aliphatic rings. The van der Waals surface area contributed by atoms with E-state index in [1.807, 2.05) is 17.0 Å². The number of likely N-dealkylation sites (tertiary alicyclic amines) is 1. The molecule has 1 amide bonds. The van der Waals surface area contributed by atoms with E-state index >= 15 is 0 Å². The second-order valence-electron chi connectivity index (χ2n) is 6.99. The molecule has 24 heavy (non-hydrogen) atoms. The Bertz CT molecular complexity index is 512. The Morgan fingerprint density at radius 1 is 1.21 bits per heavy atom. The van der Waals surface area contributed by atoms with Gasteiger partial charge in [-0.15, -0.1) is 0 Å². The van der Waals surface area contributed by atoms with Gasteiger partial charge in [0.15, 0.2) is 0 Å². The molecular weight excluding hydrogens is 298 g/mol. The molecule has 4 heteroatoms. The summed E-state index contributed by atoms with van der Waals surface area (Å²) in [6.07, 6.45) is 4.68. The Balaban J connectivity index is 2.02. The minimum Gasteiger partial charge on any atom is -0.372 e. The van der Waals surface area contributed by atoms with Gasteiger partial charge in [-0.05, 0) is 64.5 Å². The SMILES string of the molecule is CCCCN(CC)c1ccc(C(=O)N2CCCC(N(C)C)C2)cc1. The lowest BCUT2D eigenvalue weighted by Crippen LogP contribution is -2.47. The molecule has 0 radical (unpaired) electrons. The Kier molecular flexibility index (Phi) is 7.10. The monoisotopic (exact) mass is 331 g/mol. The smallest absolute Gasteiger partial charge is 0.253 e. The molecule has 0 bridgehead atoms. The number of hydrogen-bond donors (Lipinski definition) is 0. The molecule has 1 unspecified atom stereocenters. The molecule has 1 heterocycles. The van der Waals surface area contributed by atoms with Gasteiger partial charge in [0, 0.05) is 43.5 Å². The van der Waals surface area contributed by atoms with Gasteiger partial charge >= 0.3 is 0 Å². The van der Waals surface area contributed by atoms with Gasteiger partial charge < -0.3 is 14.7 Å². The fourth-order valence-electron chi connectivity index (χ4n) is 3.38. The number of anilines is 1. The minimum absolute atomic E-state index is 0.171. The van der Waals surface area contributed by atoms with Gasteiger partial charge in [-0.1, -0.05) is 13.3 Å². The summed E-state index contributed by atoms with van der Waals surface area (Å²) in [6.45, 7) is 8.20. The van der Waals surface area contributed by atoms with Crippen LogP contribution in [0.3, 0.4) is 0 Å².